The fourth-order valence-electron chi connectivity index (χ4n) is 12.7. The summed E-state index contributed by atoms with van der Waals surface area (Å²) in [7, 11) is 0. The lowest BCUT2D eigenvalue weighted by Crippen LogP contribution is -2.75. The highest BCUT2D eigenvalue weighted by Crippen LogP contribution is 2.81. The zero-order chi connectivity index (χ0) is 26.3. The van der Waals surface area contributed by atoms with Crippen molar-refractivity contribution in [3.8, 4) is 0 Å². The summed E-state index contributed by atoms with van der Waals surface area (Å²) in [4.78, 5) is 0. The number of ether oxygens (including phenoxy) is 1. The van der Waals surface area contributed by atoms with Crippen LogP contribution in [0.25, 0.3) is 0 Å². The Bertz CT molecular complexity index is 936. The van der Waals surface area contributed by atoms with Crippen LogP contribution in [0.3, 0.4) is 0 Å². The largest absolute Gasteiger partial charge is 0.396 e. The van der Waals surface area contributed by atoms with Crippen LogP contribution in [0.15, 0.2) is 0 Å². The Morgan fingerprint density at radius 1 is 0.778 bits per heavy atom. The quantitative estimate of drug-likeness (QED) is 0.421. The van der Waals surface area contributed by atoms with Gasteiger partial charge in [-0.15, -0.1) is 0 Å². The van der Waals surface area contributed by atoms with Gasteiger partial charge in [0.05, 0.1) is 37.1 Å². The molecule has 6 fully saturated rings. The highest BCUT2D eigenvalue weighted by Gasteiger charge is 2.81. The van der Waals surface area contributed by atoms with Gasteiger partial charge in [0.2, 0.25) is 0 Å². The van der Waals surface area contributed by atoms with E-state index < -0.39 is 23.7 Å². The number of aliphatic hydroxyl groups excluding tert-OH is 4. The fourth-order valence-corrected chi connectivity index (χ4v) is 12.7. The highest BCUT2D eigenvalue weighted by molar-refractivity contribution is 5.29. The van der Waals surface area contributed by atoms with E-state index in [4.69, 9.17) is 4.74 Å². The molecule has 3 unspecified atom stereocenters. The number of fused-ring (bicyclic) bond motifs is 4. The van der Waals surface area contributed by atoms with Gasteiger partial charge in [-0.05, 0) is 91.3 Å². The summed E-state index contributed by atoms with van der Waals surface area (Å²) in [5.74, 6) is 1.04. The first-order valence-electron chi connectivity index (χ1n) is 14.9. The topological polar surface area (TPSA) is 90.2 Å². The van der Waals surface area contributed by atoms with Crippen LogP contribution < -0.4 is 0 Å². The van der Waals surface area contributed by atoms with E-state index in [1.807, 2.05) is 0 Å². The lowest BCUT2D eigenvalue weighted by atomic mass is 9.30. The van der Waals surface area contributed by atoms with Crippen molar-refractivity contribution in [2.75, 3.05) is 13.2 Å². The average molecular weight is 505 g/mol. The number of hydrogen-bond donors (Lipinski definition) is 4. The van der Waals surface area contributed by atoms with Crippen LogP contribution in [0.5, 0.6) is 0 Å². The Morgan fingerprint density at radius 3 is 2.11 bits per heavy atom. The summed E-state index contributed by atoms with van der Waals surface area (Å²) in [6, 6.07) is 0. The Hall–Kier alpha value is -0.200. The summed E-state index contributed by atoms with van der Waals surface area (Å²) in [5, 5.41) is 44.8. The van der Waals surface area contributed by atoms with Gasteiger partial charge in [0.25, 0.3) is 0 Å². The van der Waals surface area contributed by atoms with Crippen LogP contribution in [0.1, 0.15) is 99.8 Å². The van der Waals surface area contributed by atoms with Gasteiger partial charge in [-0.3, -0.25) is 0 Å². The maximum atomic E-state index is 12.0. The van der Waals surface area contributed by atoms with Crippen molar-refractivity contribution in [1.29, 1.82) is 0 Å². The van der Waals surface area contributed by atoms with Gasteiger partial charge in [-0.25, -0.2) is 0 Å². The van der Waals surface area contributed by atoms with Gasteiger partial charge in [-0.2, -0.15) is 0 Å². The van der Waals surface area contributed by atoms with E-state index in [1.165, 1.54) is 0 Å². The maximum absolute atomic E-state index is 12.0. The molecule has 1 aliphatic heterocycles. The number of aliphatic hydroxyl groups is 4. The molecule has 1 saturated heterocycles. The van der Waals surface area contributed by atoms with Gasteiger partial charge in [0, 0.05) is 16.2 Å². The molecule has 5 aliphatic carbocycles. The molecule has 1 spiro atoms. The van der Waals surface area contributed by atoms with E-state index >= 15 is 0 Å². The van der Waals surface area contributed by atoms with E-state index in [-0.39, 0.29) is 51.1 Å². The van der Waals surface area contributed by atoms with Crippen LogP contribution in [0.4, 0.5) is 0 Å². The van der Waals surface area contributed by atoms with Gasteiger partial charge in [-0.1, -0.05) is 48.5 Å². The summed E-state index contributed by atoms with van der Waals surface area (Å²) >= 11 is 0. The van der Waals surface area contributed by atoms with Gasteiger partial charge < -0.3 is 25.2 Å². The lowest BCUT2D eigenvalue weighted by Gasteiger charge is -2.75. The van der Waals surface area contributed by atoms with E-state index in [2.05, 4.69) is 48.5 Å². The second-order valence-corrected chi connectivity index (χ2v) is 16.1. The third-order valence-corrected chi connectivity index (χ3v) is 15.0. The minimum atomic E-state index is -0.471. The van der Waals surface area contributed by atoms with Gasteiger partial charge >= 0.3 is 0 Å². The predicted molar refractivity (Wildman–Crippen MR) is 139 cm³/mol. The van der Waals surface area contributed by atoms with Crippen molar-refractivity contribution < 1.29 is 25.2 Å². The molecule has 5 heteroatoms. The molecule has 5 saturated carbocycles. The zero-order valence-electron chi connectivity index (χ0n) is 23.8. The lowest BCUT2D eigenvalue weighted by molar-refractivity contribution is -0.308. The summed E-state index contributed by atoms with van der Waals surface area (Å²) in [6.45, 7) is 16.7. The summed E-state index contributed by atoms with van der Waals surface area (Å²) in [5.41, 5.74) is -1.36. The Labute approximate surface area is 218 Å². The van der Waals surface area contributed by atoms with Crippen LogP contribution in [0.2, 0.25) is 0 Å². The second kappa shape index (κ2) is 7.30. The molecule has 4 N–H and O–H groups in total. The first kappa shape index (κ1) is 26.0. The Balaban J connectivity index is 1.46. The molecule has 6 rings (SSSR count). The summed E-state index contributed by atoms with van der Waals surface area (Å²) in [6.07, 6.45) is 6.25. The van der Waals surface area contributed by atoms with Crippen LogP contribution in [0, 0.1) is 56.2 Å². The van der Waals surface area contributed by atoms with Gasteiger partial charge in [0.15, 0.2) is 0 Å². The molecule has 1 heterocycles. The van der Waals surface area contributed by atoms with Gasteiger partial charge in [0.1, 0.15) is 0 Å². The summed E-state index contributed by atoms with van der Waals surface area (Å²) < 4.78 is 7.10. The van der Waals surface area contributed by atoms with E-state index in [0.717, 1.165) is 51.4 Å². The van der Waals surface area contributed by atoms with E-state index in [1.54, 1.807) is 0 Å². The monoisotopic (exact) mass is 504 g/mol. The van der Waals surface area contributed by atoms with Crippen molar-refractivity contribution in [1.82, 2.24) is 0 Å². The van der Waals surface area contributed by atoms with Crippen molar-refractivity contribution in [3.05, 3.63) is 0 Å². The van der Waals surface area contributed by atoms with Crippen LogP contribution >= 0.6 is 0 Å². The van der Waals surface area contributed by atoms with Crippen molar-refractivity contribution in [2.24, 2.45) is 56.2 Å². The molecule has 0 aromatic carbocycles. The molecule has 13 atom stereocenters. The molecule has 0 aromatic rings. The van der Waals surface area contributed by atoms with Crippen molar-refractivity contribution >= 4 is 0 Å². The normalized spacial score (nSPS) is 63.6. The smallest absolute Gasteiger partial charge is 0.0777 e. The average Bonchev–Trinajstić information content (AvgIpc) is 3.08. The van der Waals surface area contributed by atoms with Crippen molar-refractivity contribution in [3.63, 3.8) is 0 Å². The Kier molecular flexibility index (Phi) is 5.28. The van der Waals surface area contributed by atoms with Crippen LogP contribution in [-0.4, -0.2) is 57.6 Å². The molecule has 36 heavy (non-hydrogen) atoms. The highest BCUT2D eigenvalue weighted by atomic mass is 16.5. The molecular formula is C31H52O5. The predicted octanol–water partition coefficient (Wildman–Crippen LogP) is 4.54. The fraction of sp³-hybridized carbons (Fsp3) is 1.00. The molecular weight excluding hydrogens is 452 g/mol. The molecule has 0 aromatic heterocycles. The number of hydrogen-bond acceptors (Lipinski definition) is 5. The van der Waals surface area contributed by atoms with E-state index in [0.29, 0.717) is 18.4 Å². The third-order valence-electron chi connectivity index (χ3n) is 15.0. The first-order chi connectivity index (χ1) is 16.6. The van der Waals surface area contributed by atoms with Crippen molar-refractivity contribution in [2.45, 2.75) is 124 Å². The van der Waals surface area contributed by atoms with Crippen LogP contribution in [-0.2, 0) is 4.74 Å². The minimum absolute atomic E-state index is 0.00838. The molecule has 6 aliphatic rings. The molecule has 0 amide bonds. The number of rotatable bonds is 1. The molecule has 0 radical (unpaired) electrons. The zero-order valence-corrected chi connectivity index (χ0v) is 23.8. The second-order valence-electron chi connectivity index (χ2n) is 16.1. The SMILES string of the molecule is C[C@H]1[C@H](O)C(C)(C)CC2[C@]13CO[C@@]21CCC2[C@@]4(C)CC[C@H](O)[C@](C)(CO)C4CC[C@@]2(C)[C@]1(C)C[C@H]3O. The molecule has 2 bridgehead atoms. The third kappa shape index (κ3) is 2.53. The van der Waals surface area contributed by atoms with E-state index in [9.17, 15) is 20.4 Å². The molecule has 5 nitrogen and oxygen atoms in total. The standard InChI is InChI=1S/C31H52O5/c1-18-24(35)25(2,3)14-21-30(18)17-36-31(21)13-9-20-26(4)11-10-22(33)27(5,16-32)19(26)8-12-28(20,6)29(31,7)15-23(30)34/h18-24,32-35H,8-17H2,1-7H3/t18-,19?,20?,21?,22-,23+,24-,26-,27+,28+,29-,30-,31-/m0/s1. The molecule has 206 valence electrons. The maximum Gasteiger partial charge on any atom is 0.0777 e. The first-order valence-corrected chi connectivity index (χ1v) is 14.9. The minimum Gasteiger partial charge on any atom is -0.396 e. The Morgan fingerprint density at radius 2 is 1.44 bits per heavy atom.